The molecule has 2 aliphatic rings. The number of rotatable bonds is 4. The second kappa shape index (κ2) is 3.51. The van der Waals surface area contributed by atoms with Crippen LogP contribution in [-0.4, -0.2) is 47.3 Å². The number of hydrogen-bond donors (Lipinski definition) is 2. The molecule has 1 aliphatic carbocycles. The topological polar surface area (TPSA) is 60.8 Å². The molecule has 1 saturated carbocycles. The van der Waals surface area contributed by atoms with Crippen molar-refractivity contribution in [2.45, 2.75) is 6.92 Å². The van der Waals surface area contributed by atoms with E-state index in [1.165, 1.54) is 0 Å². The van der Waals surface area contributed by atoms with Gasteiger partial charge in [-0.05, 0) is 17.8 Å². The summed E-state index contributed by atoms with van der Waals surface area (Å²) in [6, 6.07) is 0. The zero-order valence-corrected chi connectivity index (χ0v) is 8.39. The van der Waals surface area contributed by atoms with Crippen molar-refractivity contribution in [1.82, 2.24) is 4.90 Å². The van der Waals surface area contributed by atoms with Crippen LogP contribution in [-0.2, 0) is 4.79 Å². The minimum atomic E-state index is -0.718. The quantitative estimate of drug-likeness (QED) is 0.662. The number of carboxylic acids is 1. The van der Waals surface area contributed by atoms with Gasteiger partial charge >= 0.3 is 5.97 Å². The van der Waals surface area contributed by atoms with Gasteiger partial charge in [-0.3, -0.25) is 4.79 Å². The first-order valence-electron chi connectivity index (χ1n) is 5.19. The van der Waals surface area contributed by atoms with E-state index in [0.29, 0.717) is 30.9 Å². The molecule has 2 N–H and O–H groups in total. The Morgan fingerprint density at radius 2 is 2.07 bits per heavy atom. The third-order valence-electron chi connectivity index (χ3n) is 3.61. The fourth-order valence-corrected chi connectivity index (χ4v) is 2.62. The first kappa shape index (κ1) is 9.93. The summed E-state index contributed by atoms with van der Waals surface area (Å²) in [5.74, 6) is 0.790. The van der Waals surface area contributed by atoms with E-state index in [1.54, 1.807) is 6.92 Å². The van der Waals surface area contributed by atoms with E-state index in [-0.39, 0.29) is 5.92 Å². The average molecular weight is 199 g/mol. The highest BCUT2D eigenvalue weighted by molar-refractivity contribution is 5.69. The number of piperidine rings is 1. The van der Waals surface area contributed by atoms with Gasteiger partial charge in [-0.15, -0.1) is 0 Å². The summed E-state index contributed by atoms with van der Waals surface area (Å²) >= 11 is 0. The Morgan fingerprint density at radius 3 is 2.50 bits per heavy atom. The number of aliphatic hydroxyl groups excluding tert-OH is 1. The summed E-state index contributed by atoms with van der Waals surface area (Å²) < 4.78 is 0. The zero-order valence-electron chi connectivity index (χ0n) is 8.39. The van der Waals surface area contributed by atoms with Gasteiger partial charge in [-0.1, -0.05) is 6.92 Å². The molecule has 1 heterocycles. The zero-order chi connectivity index (χ0) is 10.3. The molecule has 4 heteroatoms. The smallest absolute Gasteiger partial charge is 0.307 e. The number of aliphatic carboxylic acids is 1. The van der Waals surface area contributed by atoms with Gasteiger partial charge in [-0.25, -0.2) is 0 Å². The van der Waals surface area contributed by atoms with Crippen LogP contribution in [0.3, 0.4) is 0 Å². The second-order valence-corrected chi connectivity index (χ2v) is 4.63. The molecule has 0 aromatic heterocycles. The first-order valence-corrected chi connectivity index (χ1v) is 5.19. The van der Waals surface area contributed by atoms with Crippen molar-refractivity contribution in [3.05, 3.63) is 0 Å². The summed E-state index contributed by atoms with van der Waals surface area (Å²) in [5, 5.41) is 17.7. The molecular weight excluding hydrogens is 182 g/mol. The Morgan fingerprint density at radius 1 is 1.50 bits per heavy atom. The molecule has 80 valence electrons. The highest BCUT2D eigenvalue weighted by Crippen LogP contribution is 2.51. The van der Waals surface area contributed by atoms with Gasteiger partial charge in [0.05, 0.1) is 5.92 Å². The summed E-state index contributed by atoms with van der Waals surface area (Å²) in [6.45, 7) is 4.66. The monoisotopic (exact) mass is 199 g/mol. The normalized spacial score (nSPS) is 38.0. The first-order chi connectivity index (χ1) is 6.63. The minimum Gasteiger partial charge on any atom is -0.481 e. The van der Waals surface area contributed by atoms with Crippen LogP contribution in [0.25, 0.3) is 0 Å². The molecule has 0 bridgehead atoms. The van der Waals surface area contributed by atoms with Crippen molar-refractivity contribution in [3.8, 4) is 0 Å². The van der Waals surface area contributed by atoms with Gasteiger partial charge in [0, 0.05) is 26.2 Å². The minimum absolute atomic E-state index is 0.278. The number of likely N-dealkylation sites (tertiary alicyclic amines) is 1. The fourth-order valence-electron chi connectivity index (χ4n) is 2.62. The van der Waals surface area contributed by atoms with Crippen LogP contribution < -0.4 is 0 Å². The van der Waals surface area contributed by atoms with Crippen LogP contribution >= 0.6 is 0 Å². The Hall–Kier alpha value is -0.610. The Bertz CT molecular complexity index is 232. The third-order valence-corrected chi connectivity index (χ3v) is 3.61. The summed E-state index contributed by atoms with van der Waals surface area (Å²) in [7, 11) is 0. The van der Waals surface area contributed by atoms with Crippen LogP contribution in [0, 0.1) is 23.7 Å². The Balaban J connectivity index is 1.75. The lowest BCUT2D eigenvalue weighted by Crippen LogP contribution is -2.32. The molecule has 0 aromatic carbocycles. The maximum atomic E-state index is 10.6. The van der Waals surface area contributed by atoms with Gasteiger partial charge in [0.15, 0.2) is 0 Å². The number of carboxylic acid groups (broad SMARTS) is 1. The number of aliphatic hydroxyl groups is 1. The molecule has 0 spiro atoms. The van der Waals surface area contributed by atoms with E-state index >= 15 is 0 Å². The predicted octanol–water partition coefficient (Wildman–Crippen LogP) is -0.123. The van der Waals surface area contributed by atoms with E-state index in [4.69, 9.17) is 10.2 Å². The largest absolute Gasteiger partial charge is 0.481 e. The van der Waals surface area contributed by atoms with Crippen molar-refractivity contribution in [3.63, 3.8) is 0 Å². The molecule has 3 unspecified atom stereocenters. The fraction of sp³-hybridized carbons (Fsp3) is 0.900. The molecule has 0 aromatic rings. The lowest BCUT2D eigenvalue weighted by molar-refractivity contribution is -0.141. The molecule has 0 amide bonds. The summed E-state index contributed by atoms with van der Waals surface area (Å²) in [6.07, 6.45) is 0. The maximum Gasteiger partial charge on any atom is 0.307 e. The molecule has 0 radical (unpaired) electrons. The van der Waals surface area contributed by atoms with Crippen LogP contribution in [0.1, 0.15) is 6.92 Å². The van der Waals surface area contributed by atoms with Gasteiger partial charge < -0.3 is 15.1 Å². The predicted molar refractivity (Wildman–Crippen MR) is 50.8 cm³/mol. The summed E-state index contributed by atoms with van der Waals surface area (Å²) in [5.41, 5.74) is 0. The van der Waals surface area contributed by atoms with E-state index in [1.807, 2.05) is 0 Å². The van der Waals surface area contributed by atoms with E-state index in [0.717, 1.165) is 13.1 Å². The molecule has 4 nitrogen and oxygen atoms in total. The molecule has 1 aliphatic heterocycles. The van der Waals surface area contributed by atoms with Gasteiger partial charge in [0.25, 0.3) is 0 Å². The van der Waals surface area contributed by atoms with E-state index in [2.05, 4.69) is 4.90 Å². The molecule has 1 saturated heterocycles. The average Bonchev–Trinajstić information content (AvgIpc) is 2.61. The molecule has 2 fully saturated rings. The summed E-state index contributed by atoms with van der Waals surface area (Å²) in [4.78, 5) is 12.8. The van der Waals surface area contributed by atoms with Crippen molar-refractivity contribution < 1.29 is 15.0 Å². The highest BCUT2D eigenvalue weighted by Gasteiger charge is 2.54. The van der Waals surface area contributed by atoms with Crippen LogP contribution in [0.5, 0.6) is 0 Å². The number of fused-ring (bicyclic) bond motifs is 1. The number of hydrogen-bond acceptors (Lipinski definition) is 3. The lowest BCUT2D eigenvalue weighted by Gasteiger charge is -2.20. The third kappa shape index (κ3) is 1.64. The van der Waals surface area contributed by atoms with Gasteiger partial charge in [-0.2, -0.15) is 0 Å². The SMILES string of the molecule is CC(CN1CC2C(CO)C2C1)C(=O)O. The van der Waals surface area contributed by atoms with Crippen LogP contribution in [0.15, 0.2) is 0 Å². The molecular formula is C10H17NO3. The van der Waals surface area contributed by atoms with Gasteiger partial charge in [0.1, 0.15) is 0 Å². The van der Waals surface area contributed by atoms with Crippen molar-refractivity contribution in [2.24, 2.45) is 23.7 Å². The highest BCUT2D eigenvalue weighted by atomic mass is 16.4. The Labute approximate surface area is 83.5 Å². The van der Waals surface area contributed by atoms with Crippen LogP contribution in [0.4, 0.5) is 0 Å². The van der Waals surface area contributed by atoms with E-state index < -0.39 is 5.97 Å². The maximum absolute atomic E-state index is 10.6. The second-order valence-electron chi connectivity index (χ2n) is 4.63. The van der Waals surface area contributed by atoms with Crippen molar-refractivity contribution in [1.29, 1.82) is 0 Å². The van der Waals surface area contributed by atoms with Crippen LogP contribution in [0.2, 0.25) is 0 Å². The Kier molecular flexibility index (Phi) is 2.49. The lowest BCUT2D eigenvalue weighted by atomic mass is 10.1. The standard InChI is InChI=1S/C10H17NO3/c1-6(10(13)14)2-11-3-7-8(4-11)9(7)5-12/h6-9,12H,2-5H2,1H3,(H,13,14). The van der Waals surface area contributed by atoms with E-state index in [9.17, 15) is 4.79 Å². The number of nitrogens with zero attached hydrogens (tertiary/aromatic N) is 1. The van der Waals surface area contributed by atoms with Gasteiger partial charge in [0.2, 0.25) is 0 Å². The molecule has 2 rings (SSSR count). The molecule has 3 atom stereocenters. The van der Waals surface area contributed by atoms with Crippen molar-refractivity contribution in [2.75, 3.05) is 26.2 Å². The molecule has 14 heavy (non-hydrogen) atoms. The number of carbonyl (C=O) groups is 1. The van der Waals surface area contributed by atoms with Crippen molar-refractivity contribution >= 4 is 5.97 Å².